The van der Waals surface area contributed by atoms with Gasteiger partial charge in [0.05, 0.1) is 12.5 Å². The van der Waals surface area contributed by atoms with Crippen LogP contribution >= 0.6 is 0 Å². The van der Waals surface area contributed by atoms with Crippen LogP contribution < -0.4 is 0 Å². The number of hydrogen-bond acceptors (Lipinski definition) is 4. The van der Waals surface area contributed by atoms with E-state index >= 15 is 0 Å². The summed E-state index contributed by atoms with van der Waals surface area (Å²) in [5.41, 5.74) is -1.44. The zero-order chi connectivity index (χ0) is 13.5. The van der Waals surface area contributed by atoms with Crippen molar-refractivity contribution in [3.8, 4) is 0 Å². The Morgan fingerprint density at radius 3 is 2.61 bits per heavy atom. The number of amides is 1. The molecular weight excluding hydrogens is 238 g/mol. The van der Waals surface area contributed by atoms with Crippen molar-refractivity contribution in [1.82, 2.24) is 4.90 Å². The molecule has 1 amide bonds. The summed E-state index contributed by atoms with van der Waals surface area (Å²) >= 11 is 0. The first-order chi connectivity index (χ1) is 8.33. The van der Waals surface area contributed by atoms with Crippen molar-refractivity contribution in [2.24, 2.45) is 5.92 Å². The number of carboxylic acids is 1. The zero-order valence-corrected chi connectivity index (χ0v) is 10.4. The second-order valence-corrected chi connectivity index (χ2v) is 5.58. The summed E-state index contributed by atoms with van der Waals surface area (Å²) in [4.78, 5) is 24.3. The van der Waals surface area contributed by atoms with E-state index in [1.165, 1.54) is 11.8 Å². The molecule has 6 nitrogen and oxygen atoms in total. The molecule has 3 N–H and O–H groups in total. The summed E-state index contributed by atoms with van der Waals surface area (Å²) in [6.45, 7) is 1.50. The van der Waals surface area contributed by atoms with Crippen LogP contribution in [0.5, 0.6) is 0 Å². The molecule has 0 bridgehead atoms. The molecule has 18 heavy (non-hydrogen) atoms. The van der Waals surface area contributed by atoms with Crippen LogP contribution in [0.25, 0.3) is 0 Å². The Kier molecular flexibility index (Phi) is 3.33. The molecule has 102 valence electrons. The summed E-state index contributed by atoms with van der Waals surface area (Å²) in [5, 5.41) is 28.5. The summed E-state index contributed by atoms with van der Waals surface area (Å²) < 4.78 is 0. The van der Waals surface area contributed by atoms with Gasteiger partial charge in [-0.15, -0.1) is 0 Å². The van der Waals surface area contributed by atoms with Crippen LogP contribution in [0.1, 0.15) is 32.6 Å². The number of nitrogens with zero attached hydrogens (tertiary/aromatic N) is 1. The maximum atomic E-state index is 11.9. The lowest BCUT2D eigenvalue weighted by Crippen LogP contribution is -2.42. The molecule has 2 fully saturated rings. The second kappa shape index (κ2) is 4.51. The first-order valence-electron chi connectivity index (χ1n) is 6.26. The monoisotopic (exact) mass is 257 g/mol. The second-order valence-electron chi connectivity index (χ2n) is 5.58. The highest BCUT2D eigenvalue weighted by Crippen LogP contribution is 2.33. The minimum absolute atomic E-state index is 0.0734. The number of hydrogen-bond donors (Lipinski definition) is 3. The standard InChI is InChI=1S/C12H19NO5/c1-12(18)6-13(10(15)9(12)14)8-4-2-3-7(5-8)11(16)17/h7-9,14,18H,2-6H2,1H3,(H,16,17)/t7?,8?,9-,12+/m0/s1. The summed E-state index contributed by atoms with van der Waals surface area (Å²) in [7, 11) is 0. The van der Waals surface area contributed by atoms with Crippen molar-refractivity contribution < 1.29 is 24.9 Å². The molecule has 6 heteroatoms. The first kappa shape index (κ1) is 13.3. The molecule has 1 saturated carbocycles. The molecular formula is C12H19NO5. The van der Waals surface area contributed by atoms with Crippen molar-refractivity contribution in [2.45, 2.75) is 50.4 Å². The van der Waals surface area contributed by atoms with Gasteiger partial charge in [-0.3, -0.25) is 9.59 Å². The summed E-state index contributed by atoms with van der Waals surface area (Å²) in [6, 6.07) is -0.184. The predicted molar refractivity (Wildman–Crippen MR) is 61.7 cm³/mol. The van der Waals surface area contributed by atoms with Gasteiger partial charge in [0.1, 0.15) is 5.60 Å². The first-order valence-corrected chi connectivity index (χ1v) is 6.26. The van der Waals surface area contributed by atoms with Gasteiger partial charge >= 0.3 is 5.97 Å². The number of aliphatic carboxylic acids is 1. The smallest absolute Gasteiger partial charge is 0.306 e. The molecule has 0 aromatic rings. The fourth-order valence-electron chi connectivity index (χ4n) is 2.91. The lowest BCUT2D eigenvalue weighted by atomic mass is 9.85. The third-order valence-corrected chi connectivity index (χ3v) is 4.03. The number of β-amino-alcohol motifs (C(OH)–C–C–N with tert-alkyl or cyclic N) is 1. The van der Waals surface area contributed by atoms with Crippen LogP contribution in [-0.4, -0.2) is 56.4 Å². The minimum Gasteiger partial charge on any atom is -0.481 e. The SMILES string of the molecule is C[C@@]1(O)CN(C2CCCC(C(=O)O)C2)C(=O)[C@@H]1O. The lowest BCUT2D eigenvalue weighted by molar-refractivity contribution is -0.146. The van der Waals surface area contributed by atoms with Gasteiger partial charge in [0.15, 0.2) is 6.10 Å². The highest BCUT2D eigenvalue weighted by molar-refractivity contribution is 5.85. The highest BCUT2D eigenvalue weighted by atomic mass is 16.4. The number of aliphatic hydroxyl groups is 2. The minimum atomic E-state index is -1.44. The van der Waals surface area contributed by atoms with Gasteiger partial charge in [0.25, 0.3) is 5.91 Å². The molecule has 0 spiro atoms. The quantitative estimate of drug-likeness (QED) is 0.624. The molecule has 4 atom stereocenters. The number of carbonyl (C=O) groups excluding carboxylic acids is 1. The number of likely N-dealkylation sites (tertiary alicyclic amines) is 1. The third kappa shape index (κ3) is 2.22. The van der Waals surface area contributed by atoms with Crippen molar-refractivity contribution >= 4 is 11.9 Å². The van der Waals surface area contributed by atoms with Gasteiger partial charge in [-0.2, -0.15) is 0 Å². The maximum absolute atomic E-state index is 11.9. The van der Waals surface area contributed by atoms with Gasteiger partial charge < -0.3 is 20.2 Å². The third-order valence-electron chi connectivity index (χ3n) is 4.03. The Morgan fingerprint density at radius 2 is 2.11 bits per heavy atom. The molecule has 2 unspecified atom stereocenters. The molecule has 0 aromatic heterocycles. The molecule has 1 aliphatic carbocycles. The fourth-order valence-corrected chi connectivity index (χ4v) is 2.91. The van der Waals surface area contributed by atoms with Crippen LogP contribution in [0, 0.1) is 5.92 Å². The van der Waals surface area contributed by atoms with Crippen molar-refractivity contribution in [3.05, 3.63) is 0 Å². The van der Waals surface area contributed by atoms with Crippen molar-refractivity contribution in [2.75, 3.05) is 6.54 Å². The van der Waals surface area contributed by atoms with E-state index in [0.29, 0.717) is 12.8 Å². The van der Waals surface area contributed by atoms with E-state index in [1.54, 1.807) is 0 Å². The normalized spacial score (nSPS) is 41.2. The molecule has 1 saturated heterocycles. The molecule has 2 rings (SSSR count). The molecule has 0 radical (unpaired) electrons. The number of aliphatic hydroxyl groups excluding tert-OH is 1. The van der Waals surface area contributed by atoms with E-state index in [9.17, 15) is 19.8 Å². The maximum Gasteiger partial charge on any atom is 0.306 e. The molecule has 2 aliphatic rings. The summed E-state index contributed by atoms with van der Waals surface area (Å²) in [5.74, 6) is -1.76. The van der Waals surface area contributed by atoms with Crippen LogP contribution in [0.3, 0.4) is 0 Å². The van der Waals surface area contributed by atoms with Gasteiger partial charge in [0.2, 0.25) is 0 Å². The zero-order valence-electron chi connectivity index (χ0n) is 10.4. The Balaban J connectivity index is 2.08. The lowest BCUT2D eigenvalue weighted by Gasteiger charge is -2.34. The Bertz CT molecular complexity index is 367. The van der Waals surface area contributed by atoms with E-state index in [4.69, 9.17) is 5.11 Å². The van der Waals surface area contributed by atoms with E-state index in [2.05, 4.69) is 0 Å². The topological polar surface area (TPSA) is 98.1 Å². The average Bonchev–Trinajstić information content (AvgIpc) is 2.53. The molecule has 0 aromatic carbocycles. The van der Waals surface area contributed by atoms with Crippen LogP contribution in [0.4, 0.5) is 0 Å². The Labute approximate surface area is 105 Å². The van der Waals surface area contributed by atoms with Gasteiger partial charge in [-0.25, -0.2) is 0 Å². The van der Waals surface area contributed by atoms with Gasteiger partial charge in [-0.05, 0) is 26.2 Å². The predicted octanol–water partition coefficient (Wildman–Crippen LogP) is -0.416. The van der Waals surface area contributed by atoms with Crippen LogP contribution in [0.2, 0.25) is 0 Å². The Hall–Kier alpha value is -1.14. The number of carboxylic acid groups (broad SMARTS) is 1. The largest absolute Gasteiger partial charge is 0.481 e. The van der Waals surface area contributed by atoms with Gasteiger partial charge in [-0.1, -0.05) is 6.42 Å². The number of rotatable bonds is 2. The summed E-state index contributed by atoms with van der Waals surface area (Å²) in [6.07, 6.45) is 1.13. The molecule has 1 heterocycles. The number of carbonyl (C=O) groups is 2. The van der Waals surface area contributed by atoms with Gasteiger partial charge in [0, 0.05) is 6.04 Å². The fraction of sp³-hybridized carbons (Fsp3) is 0.833. The Morgan fingerprint density at radius 1 is 1.44 bits per heavy atom. The van der Waals surface area contributed by atoms with E-state index in [0.717, 1.165) is 12.8 Å². The van der Waals surface area contributed by atoms with Crippen LogP contribution in [-0.2, 0) is 9.59 Å². The van der Waals surface area contributed by atoms with Crippen molar-refractivity contribution in [1.29, 1.82) is 0 Å². The van der Waals surface area contributed by atoms with E-state index in [1.807, 2.05) is 0 Å². The van der Waals surface area contributed by atoms with Crippen LogP contribution in [0.15, 0.2) is 0 Å². The van der Waals surface area contributed by atoms with E-state index < -0.39 is 29.5 Å². The molecule has 1 aliphatic heterocycles. The van der Waals surface area contributed by atoms with Crippen molar-refractivity contribution in [3.63, 3.8) is 0 Å². The van der Waals surface area contributed by atoms with E-state index in [-0.39, 0.29) is 12.6 Å². The highest BCUT2D eigenvalue weighted by Gasteiger charge is 2.50. The average molecular weight is 257 g/mol.